The van der Waals surface area contributed by atoms with E-state index in [2.05, 4.69) is 20.1 Å². The fraction of sp³-hybridized carbons (Fsp3) is 0.308. The summed E-state index contributed by atoms with van der Waals surface area (Å²) in [6.45, 7) is 3.18. The van der Waals surface area contributed by atoms with Crippen LogP contribution in [-0.2, 0) is 24.3 Å². The molecule has 1 aromatic heterocycles. The number of anilines is 1. The topological polar surface area (TPSA) is 91.6 Å². The van der Waals surface area contributed by atoms with Gasteiger partial charge >= 0.3 is 0 Å². The molecule has 2 aliphatic heterocycles. The molecule has 0 aliphatic carbocycles. The van der Waals surface area contributed by atoms with Gasteiger partial charge in [-0.25, -0.2) is 4.39 Å². The molecule has 180 valence electrons. The van der Waals surface area contributed by atoms with Crippen LogP contribution in [0.2, 0.25) is 0 Å². The number of piperazine rings is 1. The first kappa shape index (κ1) is 22.9. The fourth-order valence-electron chi connectivity index (χ4n) is 5.10. The number of carbonyl (C=O) groups is 1. The number of fused-ring (bicyclic) bond motifs is 3. The van der Waals surface area contributed by atoms with Crippen LogP contribution in [0.5, 0.6) is 0 Å². The van der Waals surface area contributed by atoms with E-state index in [1.54, 1.807) is 36.7 Å². The highest BCUT2D eigenvalue weighted by Gasteiger charge is 2.41. The molecule has 2 unspecified atom stereocenters. The number of halogens is 1. The number of amides is 1. The minimum atomic E-state index is -0.398. The lowest BCUT2D eigenvalue weighted by atomic mass is 9.83. The molecule has 0 saturated carbocycles. The lowest BCUT2D eigenvalue weighted by Crippen LogP contribution is -2.60. The highest BCUT2D eigenvalue weighted by molar-refractivity contribution is 5.82. The molecule has 1 fully saturated rings. The third-order valence-electron chi connectivity index (χ3n) is 6.84. The molecule has 0 bridgehead atoms. The summed E-state index contributed by atoms with van der Waals surface area (Å²) in [4.78, 5) is 33.0. The molecular weight excluding hydrogens is 449 g/mol. The van der Waals surface area contributed by atoms with Crippen LogP contribution in [0.4, 0.5) is 15.8 Å². The summed E-state index contributed by atoms with van der Waals surface area (Å²) in [6.07, 6.45) is 3.84. The Bertz CT molecular complexity index is 1220. The second-order valence-electron chi connectivity index (χ2n) is 9.08. The van der Waals surface area contributed by atoms with Crippen molar-refractivity contribution in [2.24, 2.45) is 5.92 Å². The lowest BCUT2D eigenvalue weighted by Gasteiger charge is -2.49. The number of nitro groups is 1. The van der Waals surface area contributed by atoms with Crippen molar-refractivity contribution < 1.29 is 14.1 Å². The summed E-state index contributed by atoms with van der Waals surface area (Å²) >= 11 is 0. The first-order valence-corrected chi connectivity index (χ1v) is 11.7. The Hall–Kier alpha value is -3.85. The van der Waals surface area contributed by atoms with Gasteiger partial charge < -0.3 is 10.2 Å². The van der Waals surface area contributed by atoms with Crippen LogP contribution in [-0.4, -0.2) is 46.4 Å². The Morgan fingerprint density at radius 3 is 2.71 bits per heavy atom. The molecule has 0 spiro atoms. The van der Waals surface area contributed by atoms with E-state index in [0.717, 1.165) is 28.9 Å². The van der Waals surface area contributed by atoms with Crippen LogP contribution in [0.1, 0.15) is 16.7 Å². The van der Waals surface area contributed by atoms with Crippen molar-refractivity contribution in [3.8, 4) is 0 Å². The number of hydrogen-bond donors (Lipinski definition) is 1. The lowest BCUT2D eigenvalue weighted by molar-refractivity contribution is -0.384. The number of nitro benzene ring substituents is 1. The molecule has 1 N–H and O–H groups in total. The van der Waals surface area contributed by atoms with Gasteiger partial charge in [0, 0.05) is 62.9 Å². The molecule has 2 atom stereocenters. The standard InChI is InChI=1S/C26H26FN5O3/c27-21-5-3-18(4-6-21)16-30-10-11-31-24-8-7-22(32(34)35)12-20(24)13-23(25(31)17-30)26(33)29-15-19-2-1-9-28-14-19/h1-9,12,14,23,25H,10-11,13,15-17H2,(H,29,33). The Morgan fingerprint density at radius 2 is 1.97 bits per heavy atom. The minimum absolute atomic E-state index is 0.0339. The van der Waals surface area contributed by atoms with Gasteiger partial charge in [0.2, 0.25) is 5.91 Å². The van der Waals surface area contributed by atoms with E-state index in [0.29, 0.717) is 32.6 Å². The number of aromatic nitrogens is 1. The Labute approximate surface area is 202 Å². The number of rotatable bonds is 6. The number of benzene rings is 2. The van der Waals surface area contributed by atoms with Gasteiger partial charge in [-0.3, -0.25) is 24.8 Å². The normalized spacial score (nSPS) is 19.5. The monoisotopic (exact) mass is 475 g/mol. The van der Waals surface area contributed by atoms with Crippen LogP contribution in [0, 0.1) is 21.8 Å². The van der Waals surface area contributed by atoms with E-state index in [1.807, 2.05) is 12.1 Å². The third kappa shape index (κ3) is 5.00. The van der Waals surface area contributed by atoms with Crippen LogP contribution in [0.15, 0.2) is 67.0 Å². The zero-order valence-corrected chi connectivity index (χ0v) is 19.1. The average molecular weight is 476 g/mol. The predicted molar refractivity (Wildman–Crippen MR) is 129 cm³/mol. The maximum atomic E-state index is 13.4. The second kappa shape index (κ2) is 9.79. The number of carbonyl (C=O) groups excluding carboxylic acids is 1. The molecule has 3 aromatic rings. The van der Waals surface area contributed by atoms with Crippen LogP contribution < -0.4 is 10.2 Å². The largest absolute Gasteiger partial charge is 0.365 e. The van der Waals surface area contributed by atoms with Gasteiger partial charge in [-0.05, 0) is 47.4 Å². The van der Waals surface area contributed by atoms with Crippen molar-refractivity contribution in [2.75, 3.05) is 24.5 Å². The van der Waals surface area contributed by atoms with E-state index in [-0.39, 0.29) is 29.4 Å². The third-order valence-corrected chi connectivity index (χ3v) is 6.84. The summed E-state index contributed by atoms with van der Waals surface area (Å²) in [5.74, 6) is -0.705. The van der Waals surface area contributed by atoms with Gasteiger partial charge in [0.1, 0.15) is 5.82 Å². The van der Waals surface area contributed by atoms with Crippen LogP contribution >= 0.6 is 0 Å². The molecule has 9 heteroatoms. The Kier molecular flexibility index (Phi) is 6.41. The summed E-state index contributed by atoms with van der Waals surface area (Å²) in [5.41, 5.74) is 3.74. The SMILES string of the molecule is O=C(NCc1cccnc1)C1Cc2cc([N+](=O)[O-])ccc2N2CCN(Cc3ccc(F)cc3)CC12. The van der Waals surface area contributed by atoms with Crippen molar-refractivity contribution in [3.05, 3.63) is 99.6 Å². The summed E-state index contributed by atoms with van der Waals surface area (Å²) in [6, 6.07) is 15.1. The van der Waals surface area contributed by atoms with E-state index >= 15 is 0 Å². The second-order valence-corrected chi connectivity index (χ2v) is 9.08. The van der Waals surface area contributed by atoms with Crippen molar-refractivity contribution >= 4 is 17.3 Å². The van der Waals surface area contributed by atoms with E-state index in [4.69, 9.17) is 0 Å². The smallest absolute Gasteiger partial charge is 0.269 e. The number of pyridine rings is 1. The summed E-state index contributed by atoms with van der Waals surface area (Å²) in [5, 5.41) is 14.4. The number of non-ortho nitro benzene ring substituents is 1. The van der Waals surface area contributed by atoms with Crippen LogP contribution in [0.25, 0.3) is 0 Å². The zero-order chi connectivity index (χ0) is 24.4. The molecule has 3 heterocycles. The van der Waals surface area contributed by atoms with E-state index < -0.39 is 4.92 Å². The van der Waals surface area contributed by atoms with Gasteiger partial charge in [0.25, 0.3) is 5.69 Å². The van der Waals surface area contributed by atoms with E-state index in [1.165, 1.54) is 18.2 Å². The molecule has 8 nitrogen and oxygen atoms in total. The van der Waals surface area contributed by atoms with Gasteiger partial charge in [0.05, 0.1) is 16.9 Å². The van der Waals surface area contributed by atoms with Crippen LogP contribution in [0.3, 0.4) is 0 Å². The zero-order valence-electron chi connectivity index (χ0n) is 19.1. The Morgan fingerprint density at radius 1 is 1.14 bits per heavy atom. The minimum Gasteiger partial charge on any atom is -0.365 e. The highest BCUT2D eigenvalue weighted by Crippen LogP contribution is 2.38. The first-order chi connectivity index (χ1) is 17.0. The van der Waals surface area contributed by atoms with Gasteiger partial charge in [0.15, 0.2) is 0 Å². The van der Waals surface area contributed by atoms with Gasteiger partial charge in [-0.2, -0.15) is 0 Å². The molecule has 5 rings (SSSR count). The first-order valence-electron chi connectivity index (χ1n) is 11.7. The Balaban J connectivity index is 1.39. The summed E-state index contributed by atoms with van der Waals surface area (Å²) < 4.78 is 13.3. The molecule has 2 aliphatic rings. The molecule has 2 aromatic carbocycles. The number of nitrogens with zero attached hydrogens (tertiary/aromatic N) is 4. The molecule has 0 radical (unpaired) electrons. The van der Waals surface area contributed by atoms with E-state index in [9.17, 15) is 19.3 Å². The molecule has 35 heavy (non-hydrogen) atoms. The maximum Gasteiger partial charge on any atom is 0.269 e. The fourth-order valence-corrected chi connectivity index (χ4v) is 5.10. The maximum absolute atomic E-state index is 13.4. The number of hydrogen-bond acceptors (Lipinski definition) is 6. The number of nitrogens with one attached hydrogen (secondary N) is 1. The highest BCUT2D eigenvalue weighted by atomic mass is 19.1. The van der Waals surface area contributed by atoms with Crippen molar-refractivity contribution in [1.82, 2.24) is 15.2 Å². The molecular formula is C26H26FN5O3. The van der Waals surface area contributed by atoms with Gasteiger partial charge in [-0.15, -0.1) is 0 Å². The molecule has 1 saturated heterocycles. The molecule has 1 amide bonds. The summed E-state index contributed by atoms with van der Waals surface area (Å²) in [7, 11) is 0. The predicted octanol–water partition coefficient (Wildman–Crippen LogP) is 3.31. The van der Waals surface area contributed by atoms with Crippen molar-refractivity contribution in [2.45, 2.75) is 25.6 Å². The van der Waals surface area contributed by atoms with Crippen molar-refractivity contribution in [3.63, 3.8) is 0 Å². The van der Waals surface area contributed by atoms with Gasteiger partial charge in [-0.1, -0.05) is 18.2 Å². The quantitative estimate of drug-likeness (QED) is 0.435. The van der Waals surface area contributed by atoms with Crippen molar-refractivity contribution in [1.29, 1.82) is 0 Å². The average Bonchev–Trinajstić information content (AvgIpc) is 2.88.